The van der Waals surface area contributed by atoms with Gasteiger partial charge in [0.05, 0.1) is 0 Å². The van der Waals surface area contributed by atoms with E-state index in [1.165, 1.54) is 73.1 Å². The van der Waals surface area contributed by atoms with Gasteiger partial charge in [0.1, 0.15) is 0 Å². The SMILES string of the molecule is CCCCc1ccc(CPCc2ccc(CCCC)cc2)cc1. The van der Waals surface area contributed by atoms with Crippen LogP contribution in [0.1, 0.15) is 61.8 Å². The van der Waals surface area contributed by atoms with Gasteiger partial charge in [0, 0.05) is 0 Å². The molecule has 0 N–H and O–H groups in total. The quantitative estimate of drug-likeness (QED) is 0.424. The molecule has 0 aromatic heterocycles. The molecule has 1 heteroatoms. The highest BCUT2D eigenvalue weighted by Gasteiger charge is 1.98. The van der Waals surface area contributed by atoms with Crippen molar-refractivity contribution in [2.45, 2.75) is 64.7 Å². The Morgan fingerprint density at radius 3 is 1.26 bits per heavy atom. The molecule has 0 amide bonds. The Hall–Kier alpha value is -1.13. The summed E-state index contributed by atoms with van der Waals surface area (Å²) < 4.78 is 0. The maximum Gasteiger partial charge on any atom is -0.00976 e. The smallest absolute Gasteiger partial charge is 0.00976 e. The third-order valence-electron chi connectivity index (χ3n) is 4.34. The van der Waals surface area contributed by atoms with E-state index in [4.69, 9.17) is 0 Å². The fourth-order valence-electron chi connectivity index (χ4n) is 2.76. The average Bonchev–Trinajstić information content (AvgIpc) is 2.60. The fourth-order valence-corrected chi connectivity index (χ4v) is 3.93. The lowest BCUT2D eigenvalue weighted by Gasteiger charge is -2.06. The van der Waals surface area contributed by atoms with E-state index in [2.05, 4.69) is 62.4 Å². The number of rotatable bonds is 10. The van der Waals surface area contributed by atoms with Crippen LogP contribution in [0.5, 0.6) is 0 Å². The molecule has 0 fully saturated rings. The molecule has 0 saturated carbocycles. The normalized spacial score (nSPS) is 10.9. The molecular formula is C22H31P. The maximum absolute atomic E-state index is 2.33. The summed E-state index contributed by atoms with van der Waals surface area (Å²) in [6.07, 6.45) is 10.0. The predicted molar refractivity (Wildman–Crippen MR) is 106 cm³/mol. The second-order valence-electron chi connectivity index (χ2n) is 6.44. The van der Waals surface area contributed by atoms with Crippen molar-refractivity contribution < 1.29 is 0 Å². The van der Waals surface area contributed by atoms with Crippen LogP contribution in [0.2, 0.25) is 0 Å². The van der Waals surface area contributed by atoms with Gasteiger partial charge in [-0.05, 0) is 60.3 Å². The van der Waals surface area contributed by atoms with Crippen LogP contribution in [0, 0.1) is 0 Å². The van der Waals surface area contributed by atoms with Crippen LogP contribution in [0.25, 0.3) is 0 Å². The lowest BCUT2D eigenvalue weighted by molar-refractivity contribution is 0.795. The summed E-state index contributed by atoms with van der Waals surface area (Å²) in [5.74, 6) is 0. The highest BCUT2D eigenvalue weighted by Crippen LogP contribution is 2.24. The molecular weight excluding hydrogens is 295 g/mol. The molecule has 2 rings (SSSR count). The number of unbranched alkanes of at least 4 members (excludes halogenated alkanes) is 2. The Morgan fingerprint density at radius 1 is 0.565 bits per heavy atom. The number of hydrogen-bond acceptors (Lipinski definition) is 0. The standard InChI is InChI=1S/C22H31P/c1-3-5-7-19-9-13-21(14-10-19)17-23-18-22-15-11-20(12-16-22)8-6-4-2/h9-16,23H,3-8,17-18H2,1-2H3. The van der Waals surface area contributed by atoms with E-state index in [-0.39, 0.29) is 0 Å². The van der Waals surface area contributed by atoms with Crippen LogP contribution in [0.15, 0.2) is 48.5 Å². The van der Waals surface area contributed by atoms with Crippen molar-refractivity contribution in [1.29, 1.82) is 0 Å². The van der Waals surface area contributed by atoms with E-state index < -0.39 is 0 Å². The molecule has 0 aliphatic rings. The summed E-state index contributed by atoms with van der Waals surface area (Å²) in [4.78, 5) is 0. The van der Waals surface area contributed by atoms with Crippen LogP contribution in [-0.2, 0) is 25.2 Å². The van der Waals surface area contributed by atoms with Gasteiger partial charge >= 0.3 is 0 Å². The Labute approximate surface area is 144 Å². The van der Waals surface area contributed by atoms with Crippen molar-refractivity contribution in [2.75, 3.05) is 0 Å². The topological polar surface area (TPSA) is 0 Å². The van der Waals surface area contributed by atoms with Gasteiger partial charge in [-0.3, -0.25) is 0 Å². The number of aryl methyl sites for hydroxylation is 2. The summed E-state index contributed by atoms with van der Waals surface area (Å²) in [5.41, 5.74) is 5.95. The first-order valence-electron chi connectivity index (χ1n) is 9.18. The van der Waals surface area contributed by atoms with Crippen molar-refractivity contribution in [3.8, 4) is 0 Å². The van der Waals surface area contributed by atoms with E-state index in [9.17, 15) is 0 Å². The third-order valence-corrected chi connectivity index (χ3v) is 5.66. The summed E-state index contributed by atoms with van der Waals surface area (Å²) in [5, 5.41) is 0. The zero-order chi connectivity index (χ0) is 16.3. The zero-order valence-corrected chi connectivity index (χ0v) is 15.8. The van der Waals surface area contributed by atoms with Gasteiger partial charge < -0.3 is 0 Å². The number of benzene rings is 2. The second-order valence-corrected chi connectivity index (χ2v) is 7.65. The number of hydrogen-bond donors (Lipinski definition) is 0. The Kier molecular flexibility index (Phi) is 8.40. The van der Waals surface area contributed by atoms with Gasteiger partial charge in [-0.25, -0.2) is 0 Å². The van der Waals surface area contributed by atoms with Crippen molar-refractivity contribution >= 4 is 8.58 Å². The summed E-state index contributed by atoms with van der Waals surface area (Å²) in [6, 6.07) is 18.6. The molecule has 23 heavy (non-hydrogen) atoms. The first kappa shape index (κ1) is 18.2. The second kappa shape index (κ2) is 10.6. The van der Waals surface area contributed by atoms with Gasteiger partial charge in [-0.15, -0.1) is 8.58 Å². The van der Waals surface area contributed by atoms with E-state index in [1.54, 1.807) is 0 Å². The van der Waals surface area contributed by atoms with Crippen LogP contribution in [0.4, 0.5) is 0 Å². The first-order valence-corrected chi connectivity index (χ1v) is 10.6. The van der Waals surface area contributed by atoms with Gasteiger partial charge in [0.15, 0.2) is 0 Å². The molecule has 0 unspecified atom stereocenters. The third kappa shape index (κ3) is 6.88. The van der Waals surface area contributed by atoms with Crippen LogP contribution < -0.4 is 0 Å². The Morgan fingerprint density at radius 2 is 0.913 bits per heavy atom. The molecule has 0 bridgehead atoms. The molecule has 0 heterocycles. The molecule has 2 aromatic carbocycles. The molecule has 0 nitrogen and oxygen atoms in total. The maximum atomic E-state index is 2.33. The molecule has 0 atom stereocenters. The molecule has 0 saturated heterocycles. The van der Waals surface area contributed by atoms with Gasteiger partial charge in [-0.1, -0.05) is 75.2 Å². The van der Waals surface area contributed by atoms with Gasteiger partial charge in [0.2, 0.25) is 0 Å². The largest absolute Gasteiger partial charge is 0.113 e. The molecule has 0 aliphatic heterocycles. The fraction of sp³-hybridized carbons (Fsp3) is 0.455. The van der Waals surface area contributed by atoms with E-state index in [0.29, 0.717) is 0 Å². The van der Waals surface area contributed by atoms with E-state index in [0.717, 1.165) is 8.58 Å². The van der Waals surface area contributed by atoms with Crippen LogP contribution >= 0.6 is 8.58 Å². The van der Waals surface area contributed by atoms with E-state index in [1.807, 2.05) is 0 Å². The predicted octanol–water partition coefficient (Wildman–Crippen LogP) is 6.75. The van der Waals surface area contributed by atoms with E-state index >= 15 is 0 Å². The summed E-state index contributed by atoms with van der Waals surface area (Å²) >= 11 is 0. The minimum atomic E-state index is 0.983. The molecule has 124 valence electrons. The minimum absolute atomic E-state index is 0.983. The zero-order valence-electron chi connectivity index (χ0n) is 14.8. The Bertz CT molecular complexity index is 488. The lowest BCUT2D eigenvalue weighted by Crippen LogP contribution is -1.87. The van der Waals surface area contributed by atoms with Crippen LogP contribution in [-0.4, -0.2) is 0 Å². The summed E-state index contributed by atoms with van der Waals surface area (Å²) in [7, 11) is 0.983. The van der Waals surface area contributed by atoms with Crippen molar-refractivity contribution in [2.24, 2.45) is 0 Å². The van der Waals surface area contributed by atoms with Crippen molar-refractivity contribution in [3.05, 3.63) is 70.8 Å². The molecule has 0 spiro atoms. The molecule has 0 aliphatic carbocycles. The molecule has 2 aromatic rings. The molecule has 0 radical (unpaired) electrons. The van der Waals surface area contributed by atoms with Crippen molar-refractivity contribution in [3.63, 3.8) is 0 Å². The monoisotopic (exact) mass is 326 g/mol. The highest BCUT2D eigenvalue weighted by atomic mass is 31.1. The minimum Gasteiger partial charge on any atom is -0.113 e. The van der Waals surface area contributed by atoms with Gasteiger partial charge in [-0.2, -0.15) is 0 Å². The summed E-state index contributed by atoms with van der Waals surface area (Å²) in [6.45, 7) is 4.51. The highest BCUT2D eigenvalue weighted by molar-refractivity contribution is 7.36. The van der Waals surface area contributed by atoms with Crippen molar-refractivity contribution in [1.82, 2.24) is 0 Å². The van der Waals surface area contributed by atoms with Crippen LogP contribution in [0.3, 0.4) is 0 Å². The average molecular weight is 326 g/mol. The lowest BCUT2D eigenvalue weighted by atomic mass is 10.1. The first-order chi connectivity index (χ1) is 11.3. The van der Waals surface area contributed by atoms with Gasteiger partial charge in [0.25, 0.3) is 0 Å². The Balaban J connectivity index is 1.73.